The first-order chi connectivity index (χ1) is 5.81. The molecule has 0 aromatic rings. The lowest BCUT2D eigenvalue weighted by Crippen LogP contribution is -2.34. The molecule has 2 N–H and O–H groups in total. The molecule has 0 atom stereocenters. The highest BCUT2D eigenvalue weighted by Gasteiger charge is 1.95. The Hall–Kier alpha value is -0.0300. The van der Waals surface area contributed by atoms with Gasteiger partial charge in [-0.2, -0.15) is 0 Å². The molecule has 0 aliphatic heterocycles. The second-order valence-corrected chi connectivity index (χ2v) is 4.51. The van der Waals surface area contributed by atoms with Gasteiger partial charge in [0.2, 0.25) is 0 Å². The van der Waals surface area contributed by atoms with Crippen LogP contribution >= 0.6 is 23.5 Å². The molecule has 2 amide bonds. The lowest BCUT2D eigenvalue weighted by atomic mass is 10.9. The Balaban J connectivity index is 3.10. The van der Waals surface area contributed by atoms with E-state index in [4.69, 9.17) is 0 Å². The van der Waals surface area contributed by atoms with E-state index in [1.54, 1.807) is 23.5 Å². The van der Waals surface area contributed by atoms with E-state index < -0.39 is 0 Å². The molecule has 0 saturated heterocycles. The molecule has 0 spiro atoms. The summed E-state index contributed by atoms with van der Waals surface area (Å²) in [7, 11) is 0. The summed E-state index contributed by atoms with van der Waals surface area (Å²) in [4.78, 5) is 10.9. The van der Waals surface area contributed by atoms with Gasteiger partial charge in [-0.25, -0.2) is 4.79 Å². The zero-order chi connectivity index (χ0) is 9.23. The average molecular weight is 208 g/mol. The minimum atomic E-state index is -0.0723. The van der Waals surface area contributed by atoms with Crippen molar-refractivity contribution in [2.24, 2.45) is 0 Å². The van der Waals surface area contributed by atoms with Gasteiger partial charge in [0.05, 0.1) is 11.8 Å². The summed E-state index contributed by atoms with van der Waals surface area (Å²) >= 11 is 3.39. The smallest absolute Gasteiger partial charge is 0.316 e. The fourth-order valence-corrected chi connectivity index (χ4v) is 1.37. The predicted octanol–water partition coefficient (Wildman–Crippen LogP) is 1.71. The summed E-state index contributed by atoms with van der Waals surface area (Å²) < 4.78 is 0. The van der Waals surface area contributed by atoms with Gasteiger partial charge < -0.3 is 10.6 Å². The summed E-state index contributed by atoms with van der Waals surface area (Å²) in [6.07, 6.45) is 0. The van der Waals surface area contributed by atoms with Crippen LogP contribution in [0, 0.1) is 0 Å². The van der Waals surface area contributed by atoms with Crippen LogP contribution in [0.1, 0.15) is 13.8 Å². The number of rotatable bonds is 6. The van der Waals surface area contributed by atoms with Crippen molar-refractivity contribution < 1.29 is 4.79 Å². The van der Waals surface area contributed by atoms with Gasteiger partial charge in [-0.1, -0.05) is 13.8 Å². The Kier molecular flexibility index (Phi) is 9.04. The Labute approximate surface area is 82.4 Å². The van der Waals surface area contributed by atoms with Gasteiger partial charge in [-0.3, -0.25) is 0 Å². The number of amides is 2. The maximum Gasteiger partial charge on any atom is 0.316 e. The normalized spacial score (nSPS) is 9.50. The summed E-state index contributed by atoms with van der Waals surface area (Å²) in [6, 6.07) is -0.0723. The highest BCUT2D eigenvalue weighted by atomic mass is 32.2. The molecule has 0 aromatic carbocycles. The first-order valence-electron chi connectivity index (χ1n) is 3.98. The number of hydrogen-bond donors (Lipinski definition) is 2. The highest BCUT2D eigenvalue weighted by Crippen LogP contribution is 1.95. The molecule has 12 heavy (non-hydrogen) atoms. The molecule has 0 aliphatic carbocycles. The molecule has 72 valence electrons. The van der Waals surface area contributed by atoms with E-state index in [1.165, 1.54) is 0 Å². The van der Waals surface area contributed by atoms with E-state index in [0.717, 1.165) is 11.5 Å². The quantitative estimate of drug-likeness (QED) is 0.516. The second-order valence-electron chi connectivity index (χ2n) is 1.96. The standard InChI is InChI=1S/C7H16N2OS2/c1-3-11-5-8-7(10)9-6-12-4-2/h3-6H2,1-2H3,(H2,8,9,10). The lowest BCUT2D eigenvalue weighted by Gasteiger charge is -2.05. The number of nitrogens with one attached hydrogen (secondary N) is 2. The molecule has 0 fully saturated rings. The van der Waals surface area contributed by atoms with Crippen LogP contribution in [0.3, 0.4) is 0 Å². The number of hydrogen-bond acceptors (Lipinski definition) is 3. The van der Waals surface area contributed by atoms with E-state index in [0.29, 0.717) is 11.8 Å². The molecule has 0 unspecified atom stereocenters. The van der Waals surface area contributed by atoms with Crippen molar-refractivity contribution in [3.8, 4) is 0 Å². The first-order valence-corrected chi connectivity index (χ1v) is 6.29. The van der Waals surface area contributed by atoms with E-state index in [2.05, 4.69) is 24.5 Å². The minimum absolute atomic E-state index is 0.0723. The maximum absolute atomic E-state index is 10.9. The molecule has 0 bridgehead atoms. The van der Waals surface area contributed by atoms with Crippen LogP contribution in [0.4, 0.5) is 4.79 Å². The van der Waals surface area contributed by atoms with E-state index in [1.807, 2.05) is 0 Å². The Bertz CT molecular complexity index is 110. The summed E-state index contributed by atoms with van der Waals surface area (Å²) in [5.74, 6) is 3.45. The largest absolute Gasteiger partial charge is 0.329 e. The SMILES string of the molecule is CCSCNC(=O)NCSCC. The Morgan fingerprint density at radius 1 is 1.08 bits per heavy atom. The number of thioether (sulfide) groups is 2. The molecule has 5 heteroatoms. The highest BCUT2D eigenvalue weighted by molar-refractivity contribution is 7.99. The van der Waals surface area contributed by atoms with Crippen molar-refractivity contribution >= 4 is 29.6 Å². The predicted molar refractivity (Wildman–Crippen MR) is 57.7 cm³/mol. The average Bonchev–Trinajstić information content (AvgIpc) is 2.06. The molecule has 3 nitrogen and oxygen atoms in total. The zero-order valence-electron chi connectivity index (χ0n) is 7.55. The van der Waals surface area contributed by atoms with Crippen molar-refractivity contribution in [2.45, 2.75) is 13.8 Å². The maximum atomic E-state index is 10.9. The van der Waals surface area contributed by atoms with Crippen molar-refractivity contribution in [1.29, 1.82) is 0 Å². The molecule has 0 saturated carbocycles. The van der Waals surface area contributed by atoms with Crippen LogP contribution < -0.4 is 10.6 Å². The minimum Gasteiger partial charge on any atom is -0.329 e. The lowest BCUT2D eigenvalue weighted by molar-refractivity contribution is 0.244. The zero-order valence-corrected chi connectivity index (χ0v) is 9.19. The molecule has 0 radical (unpaired) electrons. The van der Waals surface area contributed by atoms with Gasteiger partial charge in [-0.15, -0.1) is 23.5 Å². The monoisotopic (exact) mass is 208 g/mol. The molecular formula is C7H16N2OS2. The molecule has 0 rings (SSSR count). The summed E-state index contributed by atoms with van der Waals surface area (Å²) in [5.41, 5.74) is 0. The van der Waals surface area contributed by atoms with Crippen LogP contribution in [0.5, 0.6) is 0 Å². The van der Waals surface area contributed by atoms with Crippen molar-refractivity contribution in [3.05, 3.63) is 0 Å². The molecule has 0 heterocycles. The number of carbonyl (C=O) groups excluding carboxylic acids is 1. The van der Waals surface area contributed by atoms with Crippen LogP contribution in [0.15, 0.2) is 0 Å². The van der Waals surface area contributed by atoms with Crippen molar-refractivity contribution in [3.63, 3.8) is 0 Å². The summed E-state index contributed by atoms with van der Waals surface area (Å²) in [5, 5.41) is 5.48. The first kappa shape index (κ1) is 12.0. The van der Waals surface area contributed by atoms with Crippen LogP contribution in [-0.4, -0.2) is 29.3 Å². The molecule has 0 aliphatic rings. The van der Waals surface area contributed by atoms with Gasteiger partial charge >= 0.3 is 6.03 Å². The fraction of sp³-hybridized carbons (Fsp3) is 0.857. The number of urea groups is 1. The number of carbonyl (C=O) groups is 1. The van der Waals surface area contributed by atoms with Gasteiger partial charge in [0.15, 0.2) is 0 Å². The van der Waals surface area contributed by atoms with Gasteiger partial charge in [0.25, 0.3) is 0 Å². The third-order valence-electron chi connectivity index (χ3n) is 1.08. The Morgan fingerprint density at radius 3 is 1.83 bits per heavy atom. The van der Waals surface area contributed by atoms with Crippen LogP contribution in [-0.2, 0) is 0 Å². The topological polar surface area (TPSA) is 41.1 Å². The second kappa shape index (κ2) is 9.06. The van der Waals surface area contributed by atoms with Gasteiger partial charge in [-0.05, 0) is 11.5 Å². The fourth-order valence-electron chi connectivity index (χ4n) is 0.500. The van der Waals surface area contributed by atoms with Crippen molar-refractivity contribution in [1.82, 2.24) is 10.6 Å². The van der Waals surface area contributed by atoms with E-state index in [-0.39, 0.29) is 6.03 Å². The Morgan fingerprint density at radius 2 is 1.50 bits per heavy atom. The summed E-state index contributed by atoms with van der Waals surface area (Å²) in [6.45, 7) is 4.13. The van der Waals surface area contributed by atoms with Gasteiger partial charge in [0, 0.05) is 0 Å². The van der Waals surface area contributed by atoms with Crippen LogP contribution in [0.2, 0.25) is 0 Å². The van der Waals surface area contributed by atoms with Crippen LogP contribution in [0.25, 0.3) is 0 Å². The van der Waals surface area contributed by atoms with Gasteiger partial charge in [0.1, 0.15) is 0 Å². The van der Waals surface area contributed by atoms with Crippen molar-refractivity contribution in [2.75, 3.05) is 23.3 Å². The van der Waals surface area contributed by atoms with E-state index in [9.17, 15) is 4.79 Å². The molecular weight excluding hydrogens is 192 g/mol. The third-order valence-corrected chi connectivity index (χ3v) is 2.59. The van der Waals surface area contributed by atoms with E-state index >= 15 is 0 Å². The molecule has 0 aromatic heterocycles. The third kappa shape index (κ3) is 8.07.